The summed E-state index contributed by atoms with van der Waals surface area (Å²) in [4.78, 5) is 35.7. The van der Waals surface area contributed by atoms with Crippen LogP contribution in [-0.2, 0) is 9.59 Å². The molecule has 0 radical (unpaired) electrons. The molecule has 8 heteroatoms. The third-order valence-corrected chi connectivity index (χ3v) is 5.72. The van der Waals surface area contributed by atoms with E-state index in [9.17, 15) is 19.5 Å². The standard InChI is InChI=1S/C24H28N4O4/c1-15-7-3-5-9-19(15)26-21-12-11-17(24(31)32)13-18(21)14-25-28-23(30)22(29)27-20-10-6-4-8-16(20)2/h3,5,7,9,11-14,16,20,26H,4,6,8,10H2,1-2H3,(H,27,29)(H,28,30)(H,31,32)/b25-14-/t16-,20-/m0/s1. The average molecular weight is 437 g/mol. The zero-order valence-corrected chi connectivity index (χ0v) is 18.2. The highest BCUT2D eigenvalue weighted by Gasteiger charge is 2.25. The molecule has 2 atom stereocenters. The number of hydrazone groups is 1. The molecule has 1 fully saturated rings. The van der Waals surface area contributed by atoms with Gasteiger partial charge in [0.2, 0.25) is 0 Å². The Kier molecular flexibility index (Phi) is 7.59. The average Bonchev–Trinajstić information content (AvgIpc) is 2.77. The number of nitrogens with one attached hydrogen (secondary N) is 3. The van der Waals surface area contributed by atoms with E-state index >= 15 is 0 Å². The van der Waals surface area contributed by atoms with Crippen molar-refractivity contribution >= 4 is 35.4 Å². The summed E-state index contributed by atoms with van der Waals surface area (Å²) in [6.45, 7) is 4.02. The smallest absolute Gasteiger partial charge is 0.335 e. The third-order valence-electron chi connectivity index (χ3n) is 5.72. The Morgan fingerprint density at radius 2 is 1.78 bits per heavy atom. The maximum Gasteiger partial charge on any atom is 0.335 e. The Morgan fingerprint density at radius 1 is 1.03 bits per heavy atom. The predicted octanol–water partition coefficient (Wildman–Crippen LogP) is 3.58. The first-order valence-electron chi connectivity index (χ1n) is 10.7. The van der Waals surface area contributed by atoms with E-state index in [2.05, 4.69) is 28.1 Å². The normalized spacial score (nSPS) is 18.2. The number of carbonyl (C=O) groups excluding carboxylic acids is 2. The van der Waals surface area contributed by atoms with Crippen LogP contribution in [0.1, 0.15) is 54.1 Å². The van der Waals surface area contributed by atoms with E-state index in [0.717, 1.165) is 36.9 Å². The molecule has 0 unspecified atom stereocenters. The van der Waals surface area contributed by atoms with E-state index in [1.54, 1.807) is 6.07 Å². The number of carboxylic acid groups (broad SMARTS) is 1. The number of carbonyl (C=O) groups is 3. The molecule has 32 heavy (non-hydrogen) atoms. The topological polar surface area (TPSA) is 120 Å². The van der Waals surface area contributed by atoms with Gasteiger partial charge in [-0.25, -0.2) is 10.2 Å². The van der Waals surface area contributed by atoms with Crippen molar-refractivity contribution in [2.75, 3.05) is 5.32 Å². The highest BCUT2D eigenvalue weighted by Crippen LogP contribution is 2.24. The number of aromatic carboxylic acids is 1. The monoisotopic (exact) mass is 436 g/mol. The highest BCUT2D eigenvalue weighted by atomic mass is 16.4. The van der Waals surface area contributed by atoms with Gasteiger partial charge in [-0.15, -0.1) is 0 Å². The minimum atomic E-state index is -1.08. The number of hydrogen-bond acceptors (Lipinski definition) is 5. The maximum atomic E-state index is 12.2. The van der Waals surface area contributed by atoms with Crippen LogP contribution in [0.15, 0.2) is 47.6 Å². The van der Waals surface area contributed by atoms with Gasteiger partial charge in [0, 0.05) is 23.0 Å². The van der Waals surface area contributed by atoms with E-state index in [-0.39, 0.29) is 11.6 Å². The van der Waals surface area contributed by atoms with E-state index in [4.69, 9.17) is 0 Å². The Balaban J connectivity index is 1.70. The second-order valence-electron chi connectivity index (χ2n) is 8.09. The molecule has 0 bridgehead atoms. The van der Waals surface area contributed by atoms with E-state index < -0.39 is 17.8 Å². The Labute approximate surface area is 187 Å². The summed E-state index contributed by atoms with van der Waals surface area (Å²) in [5, 5.41) is 19.2. The van der Waals surface area contributed by atoms with Crippen LogP contribution in [0.4, 0.5) is 11.4 Å². The van der Waals surface area contributed by atoms with Gasteiger partial charge in [0.15, 0.2) is 0 Å². The summed E-state index contributed by atoms with van der Waals surface area (Å²) < 4.78 is 0. The Morgan fingerprint density at radius 3 is 2.50 bits per heavy atom. The molecular weight excluding hydrogens is 408 g/mol. The SMILES string of the molecule is Cc1ccccc1Nc1ccc(C(=O)O)cc1/C=N\NC(=O)C(=O)N[C@H]1CCCC[C@@H]1C. The van der Waals surface area contributed by atoms with Crippen LogP contribution in [0.5, 0.6) is 0 Å². The largest absolute Gasteiger partial charge is 0.478 e. The number of benzene rings is 2. The van der Waals surface area contributed by atoms with Gasteiger partial charge in [0.05, 0.1) is 11.8 Å². The Bertz CT molecular complexity index is 1030. The van der Waals surface area contributed by atoms with Gasteiger partial charge in [-0.1, -0.05) is 38.0 Å². The minimum Gasteiger partial charge on any atom is -0.478 e. The molecule has 168 valence electrons. The van der Waals surface area contributed by atoms with E-state index in [0.29, 0.717) is 17.2 Å². The number of aryl methyl sites for hydroxylation is 1. The van der Waals surface area contributed by atoms with Crippen LogP contribution in [0.25, 0.3) is 0 Å². The molecular formula is C24H28N4O4. The van der Waals surface area contributed by atoms with Gasteiger partial charge in [0.25, 0.3) is 0 Å². The number of para-hydroxylation sites is 1. The number of hydrogen-bond donors (Lipinski definition) is 4. The molecule has 4 N–H and O–H groups in total. The summed E-state index contributed by atoms with van der Waals surface area (Å²) in [7, 11) is 0. The predicted molar refractivity (Wildman–Crippen MR) is 123 cm³/mol. The van der Waals surface area contributed by atoms with Gasteiger partial charge in [-0.05, 0) is 55.5 Å². The molecule has 8 nitrogen and oxygen atoms in total. The zero-order chi connectivity index (χ0) is 23.1. The summed E-state index contributed by atoms with van der Waals surface area (Å²) in [5.41, 5.74) is 5.25. The zero-order valence-electron chi connectivity index (χ0n) is 18.2. The molecule has 0 aromatic heterocycles. The lowest BCUT2D eigenvalue weighted by atomic mass is 9.86. The fourth-order valence-electron chi connectivity index (χ4n) is 3.75. The molecule has 3 rings (SSSR count). The first kappa shape index (κ1) is 23.0. The van der Waals surface area contributed by atoms with Crippen molar-refractivity contribution in [1.29, 1.82) is 0 Å². The number of rotatable bonds is 6. The molecule has 1 aliphatic carbocycles. The highest BCUT2D eigenvalue weighted by molar-refractivity contribution is 6.35. The third kappa shape index (κ3) is 5.94. The van der Waals surface area contributed by atoms with Gasteiger partial charge < -0.3 is 15.7 Å². The summed E-state index contributed by atoms with van der Waals surface area (Å²) in [6, 6.07) is 12.2. The minimum absolute atomic E-state index is 0.0110. The van der Waals surface area contributed by atoms with Crippen LogP contribution in [0.3, 0.4) is 0 Å². The van der Waals surface area contributed by atoms with Crippen LogP contribution < -0.4 is 16.1 Å². The number of carboxylic acids is 1. The fraction of sp³-hybridized carbons (Fsp3) is 0.333. The van der Waals surface area contributed by atoms with Crippen molar-refractivity contribution in [2.24, 2.45) is 11.0 Å². The van der Waals surface area contributed by atoms with Crippen molar-refractivity contribution in [3.05, 3.63) is 59.2 Å². The van der Waals surface area contributed by atoms with Crippen LogP contribution in [0, 0.1) is 12.8 Å². The molecule has 2 amide bonds. The fourth-order valence-corrected chi connectivity index (χ4v) is 3.75. The number of nitrogens with zero attached hydrogens (tertiary/aromatic N) is 1. The van der Waals surface area contributed by atoms with Crippen molar-refractivity contribution in [3.8, 4) is 0 Å². The first-order valence-corrected chi connectivity index (χ1v) is 10.7. The molecule has 0 aliphatic heterocycles. The first-order chi connectivity index (χ1) is 15.3. The van der Waals surface area contributed by atoms with Crippen molar-refractivity contribution in [1.82, 2.24) is 10.7 Å². The van der Waals surface area contributed by atoms with Gasteiger partial charge in [-0.3, -0.25) is 9.59 Å². The van der Waals surface area contributed by atoms with E-state index in [1.165, 1.54) is 18.3 Å². The lowest BCUT2D eigenvalue weighted by Gasteiger charge is -2.29. The summed E-state index contributed by atoms with van der Waals surface area (Å²) in [5.74, 6) is -2.33. The Hall–Kier alpha value is -3.68. The quantitative estimate of drug-likeness (QED) is 0.313. The number of amides is 2. The van der Waals surface area contributed by atoms with Crippen molar-refractivity contribution in [3.63, 3.8) is 0 Å². The van der Waals surface area contributed by atoms with Crippen molar-refractivity contribution < 1.29 is 19.5 Å². The summed E-state index contributed by atoms with van der Waals surface area (Å²) >= 11 is 0. The van der Waals surface area contributed by atoms with E-state index in [1.807, 2.05) is 31.2 Å². The van der Waals surface area contributed by atoms with Gasteiger partial charge >= 0.3 is 17.8 Å². The van der Waals surface area contributed by atoms with Crippen molar-refractivity contribution in [2.45, 2.75) is 45.6 Å². The molecule has 2 aromatic carbocycles. The second-order valence-corrected chi connectivity index (χ2v) is 8.09. The molecule has 2 aromatic rings. The maximum absolute atomic E-state index is 12.2. The van der Waals surface area contributed by atoms with Gasteiger partial charge in [-0.2, -0.15) is 5.10 Å². The van der Waals surface area contributed by atoms with Gasteiger partial charge in [0.1, 0.15) is 0 Å². The molecule has 1 aliphatic rings. The van der Waals surface area contributed by atoms with Crippen LogP contribution in [-0.4, -0.2) is 35.1 Å². The lowest BCUT2D eigenvalue weighted by molar-refractivity contribution is -0.139. The van der Waals surface area contributed by atoms with Crippen LogP contribution >= 0.6 is 0 Å². The number of anilines is 2. The summed E-state index contributed by atoms with van der Waals surface area (Å²) in [6.07, 6.45) is 5.38. The lowest BCUT2D eigenvalue weighted by Crippen LogP contribution is -2.46. The molecule has 1 saturated carbocycles. The molecule has 0 saturated heterocycles. The van der Waals surface area contributed by atoms with Crippen LogP contribution in [0.2, 0.25) is 0 Å². The second kappa shape index (κ2) is 10.6. The molecule has 0 spiro atoms. The molecule has 0 heterocycles.